The van der Waals surface area contributed by atoms with E-state index in [1.54, 1.807) is 18.3 Å². The van der Waals surface area contributed by atoms with E-state index >= 15 is 0 Å². The maximum absolute atomic E-state index is 13.5. The Balaban J connectivity index is 2.33. The minimum atomic E-state index is -0.683. The van der Waals surface area contributed by atoms with E-state index in [1.165, 1.54) is 0 Å². The van der Waals surface area contributed by atoms with Crippen LogP contribution in [0.4, 0.5) is 14.5 Å². The smallest absolute Gasteiger partial charge is 0.142 e. The molecule has 2 rings (SSSR count). The van der Waals surface area contributed by atoms with E-state index in [4.69, 9.17) is 5.73 Å². The first kappa shape index (κ1) is 12.3. The summed E-state index contributed by atoms with van der Waals surface area (Å²) >= 11 is 4.15. The van der Waals surface area contributed by atoms with Gasteiger partial charge in [-0.05, 0) is 40.2 Å². The minimum Gasteiger partial charge on any atom is -0.399 e. The molecule has 88 valence electrons. The number of rotatable bonds is 2. The van der Waals surface area contributed by atoms with Crippen LogP contribution in [0.3, 0.4) is 0 Å². The second kappa shape index (κ2) is 5.01. The Hall–Kier alpha value is -1.14. The molecule has 0 aliphatic rings. The number of nitrogens with two attached hydrogens (primary N) is 1. The molecular weight excluding hydrogens is 310 g/mol. The fraction of sp³-hybridized carbons (Fsp3) is 0. The topological polar surface area (TPSA) is 38.9 Å². The lowest BCUT2D eigenvalue weighted by Gasteiger charge is -2.05. The van der Waals surface area contributed by atoms with Crippen LogP contribution in [0.15, 0.2) is 44.9 Å². The standard InChI is InChI=1S/C11H7BrF2N2S/c12-6-1-2-10(16-5-6)17-11-8(13)3-7(15)4-9(11)14/h1-5H,15H2. The number of halogens is 3. The molecular formula is C11H7BrF2N2S. The van der Waals surface area contributed by atoms with Crippen molar-refractivity contribution < 1.29 is 8.78 Å². The first-order valence-corrected chi connectivity index (χ1v) is 6.21. The zero-order valence-electron chi connectivity index (χ0n) is 8.45. The van der Waals surface area contributed by atoms with Crippen molar-refractivity contribution in [2.75, 3.05) is 5.73 Å². The SMILES string of the molecule is Nc1cc(F)c(Sc2ccc(Br)cn2)c(F)c1. The van der Waals surface area contributed by atoms with Crippen LogP contribution in [0.5, 0.6) is 0 Å². The van der Waals surface area contributed by atoms with Gasteiger partial charge in [-0.25, -0.2) is 13.8 Å². The summed E-state index contributed by atoms with van der Waals surface area (Å²) in [5.74, 6) is -1.37. The molecule has 0 spiro atoms. The molecule has 0 saturated heterocycles. The maximum Gasteiger partial charge on any atom is 0.142 e. The van der Waals surface area contributed by atoms with Crippen LogP contribution in [0.1, 0.15) is 0 Å². The predicted molar refractivity (Wildman–Crippen MR) is 66.8 cm³/mol. The number of aromatic nitrogens is 1. The van der Waals surface area contributed by atoms with Crippen LogP contribution in [0.2, 0.25) is 0 Å². The highest BCUT2D eigenvalue weighted by Crippen LogP contribution is 2.32. The molecule has 0 bridgehead atoms. The third-order valence-electron chi connectivity index (χ3n) is 1.93. The quantitative estimate of drug-likeness (QED) is 0.855. The van der Waals surface area contributed by atoms with Gasteiger partial charge in [0.25, 0.3) is 0 Å². The maximum atomic E-state index is 13.5. The van der Waals surface area contributed by atoms with Crippen LogP contribution in [-0.2, 0) is 0 Å². The number of hydrogen-bond acceptors (Lipinski definition) is 3. The fourth-order valence-electron chi connectivity index (χ4n) is 1.20. The Kier molecular flexibility index (Phi) is 3.63. The van der Waals surface area contributed by atoms with Crippen molar-refractivity contribution >= 4 is 33.4 Å². The van der Waals surface area contributed by atoms with Crippen molar-refractivity contribution in [1.29, 1.82) is 0 Å². The number of nitrogen functional groups attached to an aromatic ring is 1. The van der Waals surface area contributed by atoms with Gasteiger partial charge >= 0.3 is 0 Å². The summed E-state index contributed by atoms with van der Waals surface area (Å²) < 4.78 is 27.8. The Morgan fingerprint density at radius 1 is 1.18 bits per heavy atom. The predicted octanol–water partition coefficient (Wildman–Crippen LogP) is 3.86. The Bertz CT molecular complexity index is 523. The van der Waals surface area contributed by atoms with E-state index in [-0.39, 0.29) is 10.6 Å². The minimum absolute atomic E-state index is 0.0631. The molecule has 0 atom stereocenters. The molecule has 0 amide bonds. The summed E-state index contributed by atoms with van der Waals surface area (Å²) in [6, 6.07) is 5.60. The molecule has 0 aliphatic heterocycles. The fourth-order valence-corrected chi connectivity index (χ4v) is 2.20. The molecule has 2 aromatic rings. The highest BCUT2D eigenvalue weighted by Gasteiger charge is 2.12. The molecule has 1 aromatic heterocycles. The molecule has 0 fully saturated rings. The van der Waals surface area contributed by atoms with Gasteiger partial charge in [-0.15, -0.1) is 0 Å². The lowest BCUT2D eigenvalue weighted by molar-refractivity contribution is 0.541. The molecule has 0 unspecified atom stereocenters. The Morgan fingerprint density at radius 2 is 1.82 bits per heavy atom. The highest BCUT2D eigenvalue weighted by atomic mass is 79.9. The molecule has 2 nitrogen and oxygen atoms in total. The van der Waals surface area contributed by atoms with E-state index in [0.717, 1.165) is 28.4 Å². The average molecular weight is 317 g/mol. The summed E-state index contributed by atoms with van der Waals surface area (Å²) in [6.07, 6.45) is 1.56. The van der Waals surface area contributed by atoms with Gasteiger partial charge in [0.2, 0.25) is 0 Å². The second-order valence-corrected chi connectivity index (χ2v) is 5.18. The zero-order chi connectivity index (χ0) is 12.4. The van der Waals surface area contributed by atoms with Crippen LogP contribution in [-0.4, -0.2) is 4.98 Å². The third kappa shape index (κ3) is 2.95. The van der Waals surface area contributed by atoms with Gasteiger partial charge in [0, 0.05) is 16.4 Å². The van der Waals surface area contributed by atoms with E-state index in [2.05, 4.69) is 20.9 Å². The number of anilines is 1. The van der Waals surface area contributed by atoms with Crippen LogP contribution < -0.4 is 5.73 Å². The molecule has 2 N–H and O–H groups in total. The second-order valence-electron chi connectivity index (χ2n) is 3.23. The lowest BCUT2D eigenvalue weighted by atomic mass is 10.3. The number of benzene rings is 1. The zero-order valence-corrected chi connectivity index (χ0v) is 10.9. The van der Waals surface area contributed by atoms with Crippen molar-refractivity contribution in [3.63, 3.8) is 0 Å². The number of pyridine rings is 1. The van der Waals surface area contributed by atoms with Gasteiger partial charge in [-0.3, -0.25) is 0 Å². The lowest BCUT2D eigenvalue weighted by Crippen LogP contribution is -1.93. The molecule has 1 heterocycles. The number of nitrogens with zero attached hydrogens (tertiary/aromatic N) is 1. The monoisotopic (exact) mass is 316 g/mol. The van der Waals surface area contributed by atoms with Gasteiger partial charge in [-0.2, -0.15) is 0 Å². The van der Waals surface area contributed by atoms with E-state index < -0.39 is 11.6 Å². The summed E-state index contributed by atoms with van der Waals surface area (Å²) in [5.41, 5.74) is 5.39. The molecule has 0 saturated carbocycles. The van der Waals surface area contributed by atoms with E-state index in [0.29, 0.717) is 5.03 Å². The Labute approximate surface area is 109 Å². The summed E-state index contributed by atoms with van der Waals surface area (Å²) in [4.78, 5) is 3.93. The van der Waals surface area contributed by atoms with Crippen molar-refractivity contribution in [1.82, 2.24) is 4.98 Å². The third-order valence-corrected chi connectivity index (χ3v) is 3.44. The summed E-state index contributed by atoms with van der Waals surface area (Å²) in [5, 5.41) is 0.510. The van der Waals surface area contributed by atoms with Crippen molar-refractivity contribution in [3.05, 3.63) is 46.6 Å². The summed E-state index contributed by atoms with van der Waals surface area (Å²) in [6.45, 7) is 0. The highest BCUT2D eigenvalue weighted by molar-refractivity contribution is 9.10. The van der Waals surface area contributed by atoms with E-state index in [9.17, 15) is 8.78 Å². The molecule has 1 aromatic carbocycles. The van der Waals surface area contributed by atoms with Crippen LogP contribution in [0.25, 0.3) is 0 Å². The molecule has 6 heteroatoms. The molecule has 0 radical (unpaired) electrons. The van der Waals surface area contributed by atoms with Crippen molar-refractivity contribution in [2.24, 2.45) is 0 Å². The molecule has 17 heavy (non-hydrogen) atoms. The van der Waals surface area contributed by atoms with Gasteiger partial charge in [0.15, 0.2) is 0 Å². The first-order chi connectivity index (χ1) is 8.06. The van der Waals surface area contributed by atoms with Gasteiger partial charge < -0.3 is 5.73 Å². The van der Waals surface area contributed by atoms with Crippen molar-refractivity contribution in [3.8, 4) is 0 Å². The van der Waals surface area contributed by atoms with Crippen LogP contribution in [0, 0.1) is 11.6 Å². The van der Waals surface area contributed by atoms with Gasteiger partial charge in [0.05, 0.1) is 4.90 Å². The number of hydrogen-bond donors (Lipinski definition) is 1. The normalized spacial score (nSPS) is 10.5. The van der Waals surface area contributed by atoms with Gasteiger partial charge in [-0.1, -0.05) is 11.8 Å². The largest absolute Gasteiger partial charge is 0.399 e. The first-order valence-electron chi connectivity index (χ1n) is 4.60. The van der Waals surface area contributed by atoms with Gasteiger partial charge in [0.1, 0.15) is 16.7 Å². The van der Waals surface area contributed by atoms with E-state index in [1.807, 2.05) is 0 Å². The molecule has 0 aliphatic carbocycles. The Morgan fingerprint density at radius 3 is 2.35 bits per heavy atom. The van der Waals surface area contributed by atoms with Crippen molar-refractivity contribution in [2.45, 2.75) is 9.92 Å². The average Bonchev–Trinajstić information content (AvgIpc) is 2.26. The van der Waals surface area contributed by atoms with Crippen LogP contribution >= 0.6 is 27.7 Å². The summed E-state index contributed by atoms with van der Waals surface area (Å²) in [7, 11) is 0.